The van der Waals surface area contributed by atoms with Crippen LogP contribution in [-0.2, 0) is 11.9 Å². The minimum absolute atomic E-state index is 0.577. The van der Waals surface area contributed by atoms with Crippen molar-refractivity contribution in [2.75, 3.05) is 0 Å². The SMILES string of the molecule is BrCc1ccc(OCc2sccc2Br)cn1. The Morgan fingerprint density at radius 2 is 2.19 bits per heavy atom. The van der Waals surface area contributed by atoms with Crippen molar-refractivity contribution in [2.45, 2.75) is 11.9 Å². The summed E-state index contributed by atoms with van der Waals surface area (Å²) in [7, 11) is 0. The Bertz CT molecular complexity index is 455. The lowest BCUT2D eigenvalue weighted by Crippen LogP contribution is -1.94. The molecule has 0 aliphatic carbocycles. The molecular formula is C11H9Br2NOS. The fourth-order valence-electron chi connectivity index (χ4n) is 1.15. The number of aromatic nitrogens is 1. The van der Waals surface area contributed by atoms with Gasteiger partial charge < -0.3 is 4.74 Å². The predicted molar refractivity (Wildman–Crippen MR) is 73.2 cm³/mol. The molecule has 0 radical (unpaired) electrons. The maximum Gasteiger partial charge on any atom is 0.138 e. The van der Waals surface area contributed by atoms with Gasteiger partial charge in [0.15, 0.2) is 0 Å². The Labute approximate surface area is 115 Å². The molecule has 0 spiro atoms. The number of ether oxygens (including phenoxy) is 1. The summed E-state index contributed by atoms with van der Waals surface area (Å²) >= 11 is 8.50. The van der Waals surface area contributed by atoms with E-state index in [9.17, 15) is 0 Å². The quantitative estimate of drug-likeness (QED) is 0.753. The fraction of sp³-hybridized carbons (Fsp3) is 0.182. The molecule has 0 atom stereocenters. The number of nitrogens with zero attached hydrogens (tertiary/aromatic N) is 1. The highest BCUT2D eigenvalue weighted by Gasteiger charge is 2.02. The van der Waals surface area contributed by atoms with Crippen molar-refractivity contribution in [1.82, 2.24) is 4.98 Å². The molecule has 84 valence electrons. The summed E-state index contributed by atoms with van der Waals surface area (Å²) in [6, 6.07) is 5.91. The van der Waals surface area contributed by atoms with Crippen LogP contribution in [0, 0.1) is 0 Å². The zero-order valence-corrected chi connectivity index (χ0v) is 12.3. The highest BCUT2D eigenvalue weighted by molar-refractivity contribution is 9.10. The smallest absolute Gasteiger partial charge is 0.138 e. The van der Waals surface area contributed by atoms with E-state index < -0.39 is 0 Å². The Kier molecular flexibility index (Phi) is 4.37. The van der Waals surface area contributed by atoms with Crippen molar-refractivity contribution in [3.8, 4) is 5.75 Å². The van der Waals surface area contributed by atoms with E-state index in [0.717, 1.165) is 21.2 Å². The maximum atomic E-state index is 5.63. The molecule has 2 rings (SSSR count). The van der Waals surface area contributed by atoms with Crippen molar-refractivity contribution < 1.29 is 4.74 Å². The normalized spacial score (nSPS) is 10.4. The van der Waals surface area contributed by atoms with Crippen LogP contribution in [0.5, 0.6) is 5.75 Å². The lowest BCUT2D eigenvalue weighted by Gasteiger charge is -2.05. The van der Waals surface area contributed by atoms with Gasteiger partial charge >= 0.3 is 0 Å². The lowest BCUT2D eigenvalue weighted by molar-refractivity contribution is 0.308. The van der Waals surface area contributed by atoms with Gasteiger partial charge in [0.05, 0.1) is 16.8 Å². The van der Waals surface area contributed by atoms with E-state index in [2.05, 4.69) is 36.8 Å². The molecule has 0 unspecified atom stereocenters. The summed E-state index contributed by atoms with van der Waals surface area (Å²) in [5.41, 5.74) is 1.00. The van der Waals surface area contributed by atoms with Crippen LogP contribution < -0.4 is 4.74 Å². The first-order chi connectivity index (χ1) is 7.79. The summed E-state index contributed by atoms with van der Waals surface area (Å²) in [6.07, 6.45) is 1.75. The third-order valence-corrected chi connectivity index (χ3v) is 4.47. The first kappa shape index (κ1) is 12.1. The van der Waals surface area contributed by atoms with Gasteiger partial charge in [-0.1, -0.05) is 15.9 Å². The number of hydrogen-bond donors (Lipinski definition) is 0. The van der Waals surface area contributed by atoms with Crippen LogP contribution in [0.25, 0.3) is 0 Å². The molecule has 2 heterocycles. The van der Waals surface area contributed by atoms with Gasteiger partial charge in [0.1, 0.15) is 12.4 Å². The van der Waals surface area contributed by atoms with Crippen molar-refractivity contribution in [3.05, 3.63) is 44.8 Å². The van der Waals surface area contributed by atoms with Crippen LogP contribution in [0.3, 0.4) is 0 Å². The molecule has 0 bridgehead atoms. The number of alkyl halides is 1. The third-order valence-electron chi connectivity index (χ3n) is 2.00. The first-order valence-electron chi connectivity index (χ1n) is 4.65. The summed E-state index contributed by atoms with van der Waals surface area (Å²) in [5.74, 6) is 0.796. The van der Waals surface area contributed by atoms with Gasteiger partial charge in [0, 0.05) is 9.80 Å². The second-order valence-electron chi connectivity index (χ2n) is 3.10. The van der Waals surface area contributed by atoms with E-state index in [0.29, 0.717) is 6.61 Å². The highest BCUT2D eigenvalue weighted by Crippen LogP contribution is 2.24. The van der Waals surface area contributed by atoms with Gasteiger partial charge in [0.2, 0.25) is 0 Å². The molecule has 0 fully saturated rings. The molecule has 0 aliphatic rings. The molecular weight excluding hydrogens is 354 g/mol. The fourth-order valence-corrected chi connectivity index (χ4v) is 2.86. The predicted octanol–water partition coefficient (Wildman–Crippen LogP) is 4.38. The van der Waals surface area contributed by atoms with Crippen LogP contribution in [0.15, 0.2) is 34.2 Å². The molecule has 16 heavy (non-hydrogen) atoms. The highest BCUT2D eigenvalue weighted by atomic mass is 79.9. The number of hydrogen-bond acceptors (Lipinski definition) is 3. The number of rotatable bonds is 4. The van der Waals surface area contributed by atoms with Gasteiger partial charge in [-0.2, -0.15) is 0 Å². The monoisotopic (exact) mass is 361 g/mol. The van der Waals surface area contributed by atoms with Crippen LogP contribution >= 0.6 is 43.2 Å². The molecule has 0 saturated carbocycles. The number of thiophene rings is 1. The molecule has 0 aromatic carbocycles. The topological polar surface area (TPSA) is 22.1 Å². The zero-order chi connectivity index (χ0) is 11.4. The van der Waals surface area contributed by atoms with Crippen molar-refractivity contribution in [2.24, 2.45) is 0 Å². The van der Waals surface area contributed by atoms with Crippen LogP contribution in [-0.4, -0.2) is 4.98 Å². The Balaban J connectivity index is 1.97. The Morgan fingerprint density at radius 3 is 2.75 bits per heavy atom. The Morgan fingerprint density at radius 1 is 1.31 bits per heavy atom. The minimum atomic E-state index is 0.577. The Hall–Kier alpha value is -0.390. The molecule has 0 aliphatic heterocycles. The zero-order valence-electron chi connectivity index (χ0n) is 8.32. The van der Waals surface area contributed by atoms with E-state index in [1.165, 1.54) is 4.88 Å². The molecule has 0 amide bonds. The molecule has 0 saturated heterocycles. The van der Waals surface area contributed by atoms with Gasteiger partial charge in [-0.25, -0.2) is 0 Å². The number of pyridine rings is 1. The summed E-state index contributed by atoms with van der Waals surface area (Å²) in [5, 5.41) is 2.80. The number of halogens is 2. The van der Waals surface area contributed by atoms with E-state index in [1.54, 1.807) is 17.5 Å². The van der Waals surface area contributed by atoms with Crippen LogP contribution in [0.1, 0.15) is 10.6 Å². The van der Waals surface area contributed by atoms with Gasteiger partial charge in [-0.05, 0) is 39.5 Å². The molecule has 5 heteroatoms. The van der Waals surface area contributed by atoms with E-state index >= 15 is 0 Å². The third kappa shape index (κ3) is 3.06. The minimum Gasteiger partial charge on any atom is -0.486 e. The van der Waals surface area contributed by atoms with Gasteiger partial charge in [-0.15, -0.1) is 11.3 Å². The van der Waals surface area contributed by atoms with Gasteiger partial charge in [-0.3, -0.25) is 4.98 Å². The molecule has 0 N–H and O–H groups in total. The van der Waals surface area contributed by atoms with Crippen molar-refractivity contribution in [1.29, 1.82) is 0 Å². The average Bonchev–Trinajstić information content (AvgIpc) is 2.73. The average molecular weight is 363 g/mol. The van der Waals surface area contributed by atoms with E-state index in [4.69, 9.17) is 4.74 Å². The van der Waals surface area contributed by atoms with Crippen molar-refractivity contribution in [3.63, 3.8) is 0 Å². The molecule has 2 aromatic heterocycles. The van der Waals surface area contributed by atoms with Crippen molar-refractivity contribution >= 4 is 43.2 Å². The second kappa shape index (κ2) is 5.80. The standard InChI is InChI=1S/C11H9Br2NOS/c12-5-8-1-2-9(6-14-8)15-7-11-10(13)3-4-16-11/h1-4,6H,5,7H2. The first-order valence-corrected chi connectivity index (χ1v) is 7.44. The molecule has 2 nitrogen and oxygen atoms in total. The van der Waals surface area contributed by atoms with E-state index in [-0.39, 0.29) is 0 Å². The largest absolute Gasteiger partial charge is 0.486 e. The van der Waals surface area contributed by atoms with Gasteiger partial charge in [0.25, 0.3) is 0 Å². The van der Waals surface area contributed by atoms with E-state index in [1.807, 2.05) is 23.6 Å². The lowest BCUT2D eigenvalue weighted by atomic mass is 10.4. The summed E-state index contributed by atoms with van der Waals surface area (Å²) < 4.78 is 6.73. The van der Waals surface area contributed by atoms with Crippen LogP contribution in [0.4, 0.5) is 0 Å². The second-order valence-corrected chi connectivity index (χ2v) is 5.51. The summed E-state index contributed by atoms with van der Waals surface area (Å²) in [6.45, 7) is 0.577. The van der Waals surface area contributed by atoms with Crippen LogP contribution in [0.2, 0.25) is 0 Å². The maximum absolute atomic E-state index is 5.63. The molecule has 2 aromatic rings. The summed E-state index contributed by atoms with van der Waals surface area (Å²) in [4.78, 5) is 5.42.